The molecule has 0 radical (unpaired) electrons. The fourth-order valence-corrected chi connectivity index (χ4v) is 5.82. The average Bonchev–Trinajstić information content (AvgIpc) is 3.47. The molecular formula is C35H34N4O5. The number of aromatic hydroxyl groups is 1. The number of anilines is 1. The van der Waals surface area contributed by atoms with Crippen LogP contribution in [0.25, 0.3) is 27.8 Å². The molecule has 2 N–H and O–H groups in total. The molecule has 0 unspecified atom stereocenters. The van der Waals surface area contributed by atoms with Gasteiger partial charge in [0.25, 0.3) is 5.91 Å². The van der Waals surface area contributed by atoms with E-state index in [-0.39, 0.29) is 24.0 Å². The largest absolute Gasteiger partial charge is 0.508 e. The van der Waals surface area contributed by atoms with Gasteiger partial charge in [-0.3, -0.25) is 9.36 Å². The standard InChI is InChI=1S/C35H34N4O5/c1-23-10-12-25(13-11-23)34-36-32(20-39(34)27-7-5-8-30(40)18-27)35(43)38-15-14-37(19-29(38)21-44-22-33(41)42)28-16-24(2)31-9-4-3-6-26(31)17-28/h3-13,16-18,20,29,40H,14-15,19,21-22H2,1-2H3,(H,41,42)/t29-/m1/s1. The number of carbonyl (C=O) groups is 2. The summed E-state index contributed by atoms with van der Waals surface area (Å²) in [6, 6.07) is 26.8. The molecule has 1 amide bonds. The van der Waals surface area contributed by atoms with Crippen LogP contribution in [0.1, 0.15) is 21.6 Å². The average molecular weight is 591 g/mol. The highest BCUT2D eigenvalue weighted by atomic mass is 16.5. The molecule has 0 spiro atoms. The Morgan fingerprint density at radius 2 is 1.73 bits per heavy atom. The van der Waals surface area contributed by atoms with E-state index in [9.17, 15) is 19.8 Å². The number of nitrogens with zero attached hydrogens (tertiary/aromatic N) is 4. The van der Waals surface area contributed by atoms with Crippen LogP contribution in [0.4, 0.5) is 5.69 Å². The minimum atomic E-state index is -1.06. The number of aryl methyl sites for hydroxylation is 2. The van der Waals surface area contributed by atoms with E-state index in [0.717, 1.165) is 27.8 Å². The zero-order chi connectivity index (χ0) is 30.8. The van der Waals surface area contributed by atoms with E-state index in [1.54, 1.807) is 29.3 Å². The molecule has 0 aliphatic carbocycles. The van der Waals surface area contributed by atoms with Crippen LogP contribution < -0.4 is 4.90 Å². The number of carboxylic acid groups (broad SMARTS) is 1. The Labute approximate surface area is 255 Å². The molecule has 1 aliphatic heterocycles. The van der Waals surface area contributed by atoms with Gasteiger partial charge < -0.3 is 24.7 Å². The van der Waals surface area contributed by atoms with Crippen molar-refractivity contribution in [2.45, 2.75) is 19.9 Å². The Bertz CT molecular complexity index is 1830. The predicted octanol–water partition coefficient (Wildman–Crippen LogP) is 5.45. The molecule has 6 rings (SSSR count). The fourth-order valence-electron chi connectivity index (χ4n) is 5.82. The molecule has 5 aromatic rings. The van der Waals surface area contributed by atoms with E-state index in [2.05, 4.69) is 36.1 Å². The SMILES string of the molecule is Cc1ccc(-c2nc(C(=O)N3CCN(c4cc(C)c5ccccc5c4)C[C@@H]3COCC(=O)O)cn2-c2cccc(O)c2)cc1. The fraction of sp³-hybridized carbons (Fsp3) is 0.229. The summed E-state index contributed by atoms with van der Waals surface area (Å²) >= 11 is 0. The highest BCUT2D eigenvalue weighted by molar-refractivity contribution is 5.94. The highest BCUT2D eigenvalue weighted by Crippen LogP contribution is 2.30. The normalized spacial score (nSPS) is 15.1. The van der Waals surface area contributed by atoms with Crippen molar-refractivity contribution >= 4 is 28.3 Å². The maximum atomic E-state index is 14.1. The van der Waals surface area contributed by atoms with Crippen LogP contribution in [0.3, 0.4) is 0 Å². The number of hydrogen-bond acceptors (Lipinski definition) is 6. The summed E-state index contributed by atoms with van der Waals surface area (Å²) in [5.41, 5.74) is 5.06. The number of benzene rings is 4. The van der Waals surface area contributed by atoms with Crippen molar-refractivity contribution in [3.05, 3.63) is 108 Å². The quantitative estimate of drug-likeness (QED) is 0.248. The molecule has 44 heavy (non-hydrogen) atoms. The van der Waals surface area contributed by atoms with E-state index in [4.69, 9.17) is 9.72 Å². The summed E-state index contributed by atoms with van der Waals surface area (Å²) in [6.07, 6.45) is 1.69. The molecule has 0 saturated carbocycles. The predicted molar refractivity (Wildman–Crippen MR) is 170 cm³/mol. The molecule has 1 aromatic heterocycles. The second-order valence-corrected chi connectivity index (χ2v) is 11.2. The number of ether oxygens (including phenoxy) is 1. The third kappa shape index (κ3) is 6.00. The number of carboxylic acids is 1. The van der Waals surface area contributed by atoms with Gasteiger partial charge in [-0.25, -0.2) is 9.78 Å². The molecule has 0 bridgehead atoms. The summed E-state index contributed by atoms with van der Waals surface area (Å²) in [6.45, 7) is 5.19. The number of carbonyl (C=O) groups excluding carboxylic acids is 1. The smallest absolute Gasteiger partial charge is 0.329 e. The van der Waals surface area contributed by atoms with E-state index >= 15 is 0 Å². The third-order valence-electron chi connectivity index (χ3n) is 8.04. The van der Waals surface area contributed by atoms with Gasteiger partial charge in [0, 0.05) is 43.1 Å². The van der Waals surface area contributed by atoms with Crippen LogP contribution in [0, 0.1) is 13.8 Å². The second-order valence-electron chi connectivity index (χ2n) is 11.2. The van der Waals surface area contributed by atoms with Crippen LogP contribution in [0.2, 0.25) is 0 Å². The molecule has 9 nitrogen and oxygen atoms in total. The number of amides is 1. The number of fused-ring (bicyclic) bond motifs is 1. The first-order chi connectivity index (χ1) is 21.3. The molecule has 1 fully saturated rings. The van der Waals surface area contributed by atoms with Crippen molar-refractivity contribution in [3.63, 3.8) is 0 Å². The molecule has 4 aromatic carbocycles. The summed E-state index contributed by atoms with van der Waals surface area (Å²) < 4.78 is 7.35. The Hall–Kier alpha value is -5.15. The Balaban J connectivity index is 1.33. The maximum Gasteiger partial charge on any atom is 0.329 e. The van der Waals surface area contributed by atoms with E-state index in [1.807, 2.05) is 54.0 Å². The maximum absolute atomic E-state index is 14.1. The monoisotopic (exact) mass is 590 g/mol. The number of imidazole rings is 1. The molecular weight excluding hydrogens is 556 g/mol. The van der Waals surface area contributed by atoms with Gasteiger partial charge in [-0.1, -0.05) is 60.2 Å². The molecule has 9 heteroatoms. The van der Waals surface area contributed by atoms with Crippen LogP contribution in [0.15, 0.2) is 91.1 Å². The number of hydrogen-bond donors (Lipinski definition) is 2. The van der Waals surface area contributed by atoms with Crippen molar-refractivity contribution in [3.8, 4) is 22.8 Å². The highest BCUT2D eigenvalue weighted by Gasteiger charge is 2.33. The van der Waals surface area contributed by atoms with Crippen molar-refractivity contribution in [2.75, 3.05) is 37.7 Å². The Morgan fingerprint density at radius 1 is 0.932 bits per heavy atom. The van der Waals surface area contributed by atoms with Gasteiger partial charge >= 0.3 is 5.97 Å². The van der Waals surface area contributed by atoms with Crippen molar-refractivity contribution in [1.29, 1.82) is 0 Å². The molecule has 1 atom stereocenters. The molecule has 2 heterocycles. The van der Waals surface area contributed by atoms with Gasteiger partial charge in [0.15, 0.2) is 0 Å². The second kappa shape index (κ2) is 12.2. The van der Waals surface area contributed by atoms with Gasteiger partial charge in [-0.2, -0.15) is 0 Å². The first-order valence-corrected chi connectivity index (χ1v) is 14.6. The minimum absolute atomic E-state index is 0.0686. The van der Waals surface area contributed by atoms with Crippen molar-refractivity contribution in [2.24, 2.45) is 0 Å². The van der Waals surface area contributed by atoms with Crippen molar-refractivity contribution in [1.82, 2.24) is 14.5 Å². The van der Waals surface area contributed by atoms with Gasteiger partial charge in [-0.15, -0.1) is 0 Å². The Kier molecular flexibility index (Phi) is 8.04. The lowest BCUT2D eigenvalue weighted by molar-refractivity contribution is -0.142. The van der Waals surface area contributed by atoms with E-state index < -0.39 is 18.6 Å². The number of aromatic nitrogens is 2. The lowest BCUT2D eigenvalue weighted by atomic mass is 10.0. The molecule has 1 aliphatic rings. The lowest BCUT2D eigenvalue weighted by Gasteiger charge is -2.42. The number of piperazine rings is 1. The summed E-state index contributed by atoms with van der Waals surface area (Å²) in [5, 5.41) is 21.7. The third-order valence-corrected chi connectivity index (χ3v) is 8.04. The van der Waals surface area contributed by atoms with Crippen LogP contribution in [-0.2, 0) is 9.53 Å². The van der Waals surface area contributed by atoms with Crippen LogP contribution in [0.5, 0.6) is 5.75 Å². The van der Waals surface area contributed by atoms with Crippen LogP contribution >= 0.6 is 0 Å². The van der Waals surface area contributed by atoms with E-state index in [0.29, 0.717) is 31.1 Å². The number of phenolic OH excluding ortho intramolecular Hbond substituents is 1. The zero-order valence-corrected chi connectivity index (χ0v) is 24.7. The van der Waals surface area contributed by atoms with Gasteiger partial charge in [-0.05, 0) is 54.4 Å². The van der Waals surface area contributed by atoms with Crippen LogP contribution in [-0.4, -0.2) is 75.4 Å². The number of rotatable bonds is 8. The number of phenols is 1. The summed E-state index contributed by atoms with van der Waals surface area (Å²) in [5.74, 6) is -0.652. The zero-order valence-electron chi connectivity index (χ0n) is 24.7. The van der Waals surface area contributed by atoms with Crippen molar-refractivity contribution < 1.29 is 24.5 Å². The first kappa shape index (κ1) is 28.9. The molecule has 224 valence electrons. The topological polar surface area (TPSA) is 108 Å². The lowest BCUT2D eigenvalue weighted by Crippen LogP contribution is -2.57. The minimum Gasteiger partial charge on any atom is -0.508 e. The van der Waals surface area contributed by atoms with Gasteiger partial charge in [0.2, 0.25) is 0 Å². The number of aliphatic carboxylic acids is 1. The van der Waals surface area contributed by atoms with Gasteiger partial charge in [0.05, 0.1) is 18.3 Å². The first-order valence-electron chi connectivity index (χ1n) is 14.6. The Morgan fingerprint density at radius 3 is 2.50 bits per heavy atom. The molecule has 1 saturated heterocycles. The summed E-state index contributed by atoms with van der Waals surface area (Å²) in [7, 11) is 0. The van der Waals surface area contributed by atoms with Gasteiger partial charge in [0.1, 0.15) is 23.9 Å². The summed E-state index contributed by atoms with van der Waals surface area (Å²) in [4.78, 5) is 34.1. The van der Waals surface area contributed by atoms with E-state index in [1.165, 1.54) is 5.39 Å².